The van der Waals surface area contributed by atoms with E-state index in [1.54, 1.807) is 13.4 Å². The Kier molecular flexibility index (Phi) is 4.37. The lowest BCUT2D eigenvalue weighted by molar-refractivity contribution is -0.121. The van der Waals surface area contributed by atoms with E-state index in [1.807, 2.05) is 4.52 Å². The predicted molar refractivity (Wildman–Crippen MR) is 94.6 cm³/mol. The van der Waals surface area contributed by atoms with Crippen LogP contribution in [-0.4, -0.2) is 52.5 Å². The van der Waals surface area contributed by atoms with E-state index in [-0.39, 0.29) is 5.41 Å². The average molecular weight is 345 g/mol. The maximum absolute atomic E-state index is 6.07. The SMILES string of the molecule is CCO[C@H]1C[C@H](N(C)c2cc(COC)nc3ncnn23)C12CCCC2. The van der Waals surface area contributed by atoms with Crippen LogP contribution in [-0.2, 0) is 16.1 Å². The van der Waals surface area contributed by atoms with Gasteiger partial charge in [0.15, 0.2) is 0 Å². The van der Waals surface area contributed by atoms with Crippen molar-refractivity contribution in [1.29, 1.82) is 0 Å². The smallest absolute Gasteiger partial charge is 0.254 e. The van der Waals surface area contributed by atoms with E-state index < -0.39 is 0 Å². The molecule has 7 heteroatoms. The number of aromatic nitrogens is 4. The minimum atomic E-state index is 0.280. The van der Waals surface area contributed by atoms with E-state index in [4.69, 9.17) is 9.47 Å². The number of fused-ring (bicyclic) bond motifs is 1. The highest BCUT2D eigenvalue weighted by Crippen LogP contribution is 2.56. The molecule has 136 valence electrons. The molecule has 0 N–H and O–H groups in total. The van der Waals surface area contributed by atoms with Gasteiger partial charge in [0, 0.05) is 38.3 Å². The van der Waals surface area contributed by atoms with Gasteiger partial charge in [-0.1, -0.05) is 12.8 Å². The minimum absolute atomic E-state index is 0.280. The number of ether oxygens (including phenoxy) is 2. The Bertz CT molecular complexity index is 740. The van der Waals surface area contributed by atoms with Crippen molar-refractivity contribution in [3.63, 3.8) is 0 Å². The molecule has 0 amide bonds. The molecule has 0 radical (unpaired) electrons. The first-order chi connectivity index (χ1) is 12.2. The van der Waals surface area contributed by atoms with Crippen LogP contribution in [0.2, 0.25) is 0 Å². The van der Waals surface area contributed by atoms with Crippen LogP contribution in [0.1, 0.15) is 44.7 Å². The van der Waals surface area contributed by atoms with Gasteiger partial charge in [-0.3, -0.25) is 0 Å². The van der Waals surface area contributed by atoms with Crippen molar-refractivity contribution in [3.05, 3.63) is 18.1 Å². The molecule has 2 fully saturated rings. The number of anilines is 1. The molecule has 2 heterocycles. The van der Waals surface area contributed by atoms with Gasteiger partial charge in [-0.15, -0.1) is 0 Å². The summed E-state index contributed by atoms with van der Waals surface area (Å²) in [6, 6.07) is 2.54. The second-order valence-electron chi connectivity index (χ2n) is 7.26. The van der Waals surface area contributed by atoms with Crippen LogP contribution in [0.15, 0.2) is 12.4 Å². The lowest BCUT2D eigenvalue weighted by atomic mass is 9.60. The van der Waals surface area contributed by atoms with Crippen molar-refractivity contribution in [3.8, 4) is 0 Å². The molecule has 2 aliphatic rings. The van der Waals surface area contributed by atoms with Gasteiger partial charge in [0.1, 0.15) is 12.1 Å². The second-order valence-corrected chi connectivity index (χ2v) is 7.26. The largest absolute Gasteiger partial charge is 0.378 e. The predicted octanol–water partition coefficient (Wildman–Crippen LogP) is 2.44. The van der Waals surface area contributed by atoms with Crippen molar-refractivity contribution < 1.29 is 9.47 Å². The van der Waals surface area contributed by atoms with E-state index >= 15 is 0 Å². The average Bonchev–Trinajstić information content (AvgIpc) is 3.27. The van der Waals surface area contributed by atoms with Gasteiger partial charge in [0.2, 0.25) is 0 Å². The van der Waals surface area contributed by atoms with E-state index in [9.17, 15) is 0 Å². The Hall–Kier alpha value is -1.73. The van der Waals surface area contributed by atoms with Crippen LogP contribution in [0.25, 0.3) is 5.78 Å². The zero-order valence-electron chi connectivity index (χ0n) is 15.3. The first-order valence-corrected chi connectivity index (χ1v) is 9.22. The molecule has 2 saturated carbocycles. The third kappa shape index (κ3) is 2.60. The molecule has 2 atom stereocenters. The van der Waals surface area contributed by atoms with Gasteiger partial charge in [0.25, 0.3) is 5.78 Å². The Morgan fingerprint density at radius 3 is 2.88 bits per heavy atom. The number of hydrogen-bond donors (Lipinski definition) is 0. The van der Waals surface area contributed by atoms with Crippen LogP contribution < -0.4 is 4.90 Å². The third-order valence-electron chi connectivity index (χ3n) is 6.05. The normalized spacial score (nSPS) is 24.8. The van der Waals surface area contributed by atoms with Crippen molar-refractivity contribution in [2.75, 3.05) is 25.7 Å². The lowest BCUT2D eigenvalue weighted by Gasteiger charge is -2.57. The molecule has 2 aliphatic carbocycles. The van der Waals surface area contributed by atoms with E-state index in [2.05, 4.69) is 40.0 Å². The molecule has 7 nitrogen and oxygen atoms in total. The van der Waals surface area contributed by atoms with Crippen molar-refractivity contribution in [2.24, 2.45) is 5.41 Å². The molecular formula is C18H27N5O2. The summed E-state index contributed by atoms with van der Waals surface area (Å²) >= 11 is 0. The summed E-state index contributed by atoms with van der Waals surface area (Å²) < 4.78 is 13.2. The fraction of sp³-hybridized carbons (Fsp3) is 0.722. The van der Waals surface area contributed by atoms with Crippen LogP contribution in [0.5, 0.6) is 0 Å². The molecule has 0 aromatic carbocycles. The minimum Gasteiger partial charge on any atom is -0.378 e. The second kappa shape index (κ2) is 6.53. The zero-order valence-corrected chi connectivity index (χ0v) is 15.3. The van der Waals surface area contributed by atoms with Crippen LogP contribution >= 0.6 is 0 Å². The Morgan fingerprint density at radius 2 is 2.16 bits per heavy atom. The fourth-order valence-corrected chi connectivity index (χ4v) is 4.87. The molecule has 0 saturated heterocycles. The van der Waals surface area contributed by atoms with Gasteiger partial charge in [-0.2, -0.15) is 14.6 Å². The van der Waals surface area contributed by atoms with Crippen LogP contribution in [0, 0.1) is 5.41 Å². The molecular weight excluding hydrogens is 318 g/mol. The van der Waals surface area contributed by atoms with Crippen molar-refractivity contribution >= 4 is 11.6 Å². The summed E-state index contributed by atoms with van der Waals surface area (Å²) in [5, 5.41) is 4.38. The molecule has 25 heavy (non-hydrogen) atoms. The first kappa shape index (κ1) is 16.7. The van der Waals surface area contributed by atoms with E-state index in [1.165, 1.54) is 25.7 Å². The highest BCUT2D eigenvalue weighted by Gasteiger charge is 2.58. The molecule has 1 spiro atoms. The Labute approximate surface area is 148 Å². The molecule has 0 bridgehead atoms. The molecule has 0 unspecified atom stereocenters. The van der Waals surface area contributed by atoms with Gasteiger partial charge >= 0.3 is 0 Å². The molecule has 0 aliphatic heterocycles. The lowest BCUT2D eigenvalue weighted by Crippen LogP contribution is -2.63. The summed E-state index contributed by atoms with van der Waals surface area (Å²) in [5.41, 5.74) is 1.16. The fourth-order valence-electron chi connectivity index (χ4n) is 4.87. The maximum atomic E-state index is 6.07. The van der Waals surface area contributed by atoms with Gasteiger partial charge < -0.3 is 14.4 Å². The number of hydrogen-bond acceptors (Lipinski definition) is 6. The highest BCUT2D eigenvalue weighted by molar-refractivity contribution is 5.49. The summed E-state index contributed by atoms with van der Waals surface area (Å²) in [5.74, 6) is 1.65. The molecule has 4 rings (SSSR count). The standard InChI is InChI=1S/C18H27N5O2/c1-4-25-15-10-14(18(15)7-5-6-8-18)22(2)16-9-13(11-24-3)21-17-19-12-20-23(16)17/h9,12,14-15H,4-8,10-11H2,1-3H3/t14-,15-/m0/s1. The van der Waals surface area contributed by atoms with E-state index in [0.29, 0.717) is 24.5 Å². The Morgan fingerprint density at radius 1 is 1.36 bits per heavy atom. The van der Waals surface area contributed by atoms with Crippen molar-refractivity contribution in [2.45, 2.75) is 57.8 Å². The number of nitrogens with zero attached hydrogens (tertiary/aromatic N) is 5. The van der Waals surface area contributed by atoms with Gasteiger partial charge in [-0.05, 0) is 26.2 Å². The summed E-state index contributed by atoms with van der Waals surface area (Å²) in [4.78, 5) is 11.2. The van der Waals surface area contributed by atoms with Crippen molar-refractivity contribution in [1.82, 2.24) is 19.6 Å². The van der Waals surface area contributed by atoms with Crippen LogP contribution in [0.4, 0.5) is 5.82 Å². The third-order valence-corrected chi connectivity index (χ3v) is 6.05. The van der Waals surface area contributed by atoms with E-state index in [0.717, 1.165) is 24.5 Å². The quantitative estimate of drug-likeness (QED) is 0.801. The number of rotatable bonds is 6. The van der Waals surface area contributed by atoms with Gasteiger partial charge in [-0.25, -0.2) is 4.98 Å². The topological polar surface area (TPSA) is 64.8 Å². The molecule has 2 aromatic heterocycles. The number of methoxy groups -OCH3 is 1. The Balaban J connectivity index is 1.68. The summed E-state index contributed by atoms with van der Waals surface area (Å²) in [6.07, 6.45) is 8.13. The molecule has 2 aromatic rings. The van der Waals surface area contributed by atoms with Gasteiger partial charge in [0.05, 0.1) is 18.4 Å². The first-order valence-electron chi connectivity index (χ1n) is 9.22. The summed E-state index contributed by atoms with van der Waals surface area (Å²) in [7, 11) is 3.85. The summed E-state index contributed by atoms with van der Waals surface area (Å²) in [6.45, 7) is 3.36. The maximum Gasteiger partial charge on any atom is 0.254 e. The zero-order chi connectivity index (χ0) is 17.4. The van der Waals surface area contributed by atoms with Crippen LogP contribution in [0.3, 0.4) is 0 Å². The highest BCUT2D eigenvalue weighted by atomic mass is 16.5. The monoisotopic (exact) mass is 345 g/mol.